The highest BCUT2D eigenvalue weighted by Gasteiger charge is 2.27. The maximum absolute atomic E-state index is 12.1. The zero-order chi connectivity index (χ0) is 43.5. The highest BCUT2D eigenvalue weighted by Crippen LogP contribution is 2.39. The molecule has 0 atom stereocenters. The Hall–Kier alpha value is -6.80. The Morgan fingerprint density at radius 2 is 0.817 bits per heavy atom. The second-order valence-electron chi connectivity index (χ2n) is 16.4. The number of aryl methyl sites for hydroxylation is 4. The number of benzene rings is 5. The third kappa shape index (κ3) is 9.39. The van der Waals surface area contributed by atoms with E-state index in [-0.39, 0.29) is 10.8 Å². The van der Waals surface area contributed by atoms with Crippen LogP contribution < -0.4 is 18.9 Å². The lowest BCUT2D eigenvalue weighted by atomic mass is 9.77. The van der Waals surface area contributed by atoms with Crippen LogP contribution in [0.25, 0.3) is 11.4 Å². The second kappa shape index (κ2) is 17.2. The molecule has 6 aromatic rings. The maximum Gasteiger partial charge on any atom is 0.338 e. The third-order valence-corrected chi connectivity index (χ3v) is 10.8. The van der Waals surface area contributed by atoms with Crippen LogP contribution in [0.5, 0.6) is 34.8 Å². The van der Waals surface area contributed by atoms with E-state index in [4.69, 9.17) is 28.9 Å². The molecule has 0 radical (unpaired) electrons. The van der Waals surface area contributed by atoms with Crippen molar-refractivity contribution in [2.24, 2.45) is 0 Å². The van der Waals surface area contributed by atoms with Gasteiger partial charge in [-0.15, -0.1) is 0 Å². The number of rotatable bonds is 13. The Kier molecular flexibility index (Phi) is 12.3. The molecule has 0 saturated carbocycles. The summed E-state index contributed by atoms with van der Waals surface area (Å²) in [5, 5.41) is 0. The Labute approximate surface area is 353 Å². The number of aromatic nitrogens is 2. The van der Waals surface area contributed by atoms with E-state index in [2.05, 4.69) is 77.3 Å². The quantitative estimate of drug-likeness (QED) is 0.0647. The average molecular weight is 801 g/mol. The van der Waals surface area contributed by atoms with Crippen LogP contribution in [0.4, 0.5) is 0 Å². The van der Waals surface area contributed by atoms with Gasteiger partial charge >= 0.3 is 11.9 Å². The van der Waals surface area contributed by atoms with E-state index in [1.54, 1.807) is 19.9 Å². The smallest absolute Gasteiger partial charge is 0.338 e. The molecule has 0 bridgehead atoms. The average Bonchev–Trinajstić information content (AvgIpc) is 3.20. The molecule has 0 aliphatic rings. The van der Waals surface area contributed by atoms with Gasteiger partial charge in [-0.2, -0.15) is 9.97 Å². The van der Waals surface area contributed by atoms with E-state index in [0.717, 1.165) is 50.1 Å². The molecule has 1 heterocycles. The topological polar surface area (TPSA) is 96.8 Å². The van der Waals surface area contributed by atoms with Crippen molar-refractivity contribution in [1.82, 2.24) is 9.97 Å². The van der Waals surface area contributed by atoms with Gasteiger partial charge in [0, 0.05) is 27.5 Å². The molecule has 8 heteroatoms. The number of ether oxygens (including phenoxy) is 4. The molecule has 1 aromatic heterocycles. The molecule has 0 unspecified atom stereocenters. The molecular weight excluding hydrogens is 749 g/mol. The Morgan fingerprint density at radius 1 is 0.483 bits per heavy atom. The molecular formula is C52H52N2O6. The zero-order valence-electron chi connectivity index (χ0n) is 36.2. The van der Waals surface area contributed by atoms with Crippen LogP contribution >= 0.6 is 0 Å². The minimum Gasteiger partial charge on any atom is -0.438 e. The van der Waals surface area contributed by atoms with Gasteiger partial charge in [-0.25, -0.2) is 9.59 Å². The SMILES string of the molecule is C=C(C)C(=O)Oc1ccc(C(C)(C)c2ccc(Oc3cc(Oc4ccc(C(C)(C)c5ccc(OC(=O)C(=C)C)c(C)c5)cc4C)nc(-c4ccccc4)n3)c(C)c2)cc1C. The fourth-order valence-corrected chi connectivity index (χ4v) is 6.77. The summed E-state index contributed by atoms with van der Waals surface area (Å²) in [4.78, 5) is 33.9. The van der Waals surface area contributed by atoms with Crippen molar-refractivity contribution in [2.75, 3.05) is 0 Å². The number of nitrogens with zero attached hydrogens (tertiary/aromatic N) is 2. The Morgan fingerprint density at radius 3 is 1.13 bits per heavy atom. The molecule has 60 heavy (non-hydrogen) atoms. The van der Waals surface area contributed by atoms with Gasteiger partial charge in [0.15, 0.2) is 5.82 Å². The van der Waals surface area contributed by atoms with Gasteiger partial charge in [0.1, 0.15) is 23.0 Å². The van der Waals surface area contributed by atoms with E-state index in [1.807, 2.05) is 94.4 Å². The molecule has 8 nitrogen and oxygen atoms in total. The maximum atomic E-state index is 12.1. The summed E-state index contributed by atoms with van der Waals surface area (Å²) in [7, 11) is 0. The monoisotopic (exact) mass is 800 g/mol. The van der Waals surface area contributed by atoms with Gasteiger partial charge in [-0.1, -0.05) is 120 Å². The molecule has 0 saturated heterocycles. The highest BCUT2D eigenvalue weighted by molar-refractivity contribution is 5.89. The first-order chi connectivity index (χ1) is 28.3. The van der Waals surface area contributed by atoms with E-state index in [0.29, 0.717) is 51.7 Å². The first-order valence-electron chi connectivity index (χ1n) is 19.8. The summed E-state index contributed by atoms with van der Waals surface area (Å²) in [6, 6.07) is 35.5. The van der Waals surface area contributed by atoms with Crippen LogP contribution in [0, 0.1) is 27.7 Å². The van der Waals surface area contributed by atoms with E-state index in [9.17, 15) is 9.59 Å². The minimum atomic E-state index is -0.444. The number of carbonyl (C=O) groups is 2. The molecule has 306 valence electrons. The van der Waals surface area contributed by atoms with Crippen LogP contribution in [0.3, 0.4) is 0 Å². The number of carbonyl (C=O) groups excluding carboxylic acids is 2. The van der Waals surface area contributed by atoms with Crippen LogP contribution in [0.1, 0.15) is 86.1 Å². The Bertz CT molecular complexity index is 2480. The third-order valence-electron chi connectivity index (χ3n) is 10.8. The van der Waals surface area contributed by atoms with Crippen LogP contribution in [0.15, 0.2) is 133 Å². The molecule has 6 rings (SSSR count). The van der Waals surface area contributed by atoms with Gasteiger partial charge < -0.3 is 18.9 Å². The molecule has 0 aliphatic heterocycles. The molecule has 0 aliphatic carbocycles. The van der Waals surface area contributed by atoms with Gasteiger partial charge in [-0.05, 0) is 110 Å². The van der Waals surface area contributed by atoms with E-state index >= 15 is 0 Å². The first-order valence-corrected chi connectivity index (χ1v) is 19.8. The number of hydrogen-bond donors (Lipinski definition) is 0. The van der Waals surface area contributed by atoms with Crippen molar-refractivity contribution in [1.29, 1.82) is 0 Å². The summed E-state index contributed by atoms with van der Waals surface area (Å²) >= 11 is 0. The van der Waals surface area contributed by atoms with Gasteiger partial charge in [-0.3, -0.25) is 0 Å². The van der Waals surface area contributed by atoms with Crippen LogP contribution in [-0.4, -0.2) is 21.9 Å². The van der Waals surface area contributed by atoms with Crippen molar-refractivity contribution >= 4 is 11.9 Å². The van der Waals surface area contributed by atoms with E-state index in [1.165, 1.54) is 0 Å². The lowest BCUT2D eigenvalue weighted by Crippen LogP contribution is -2.19. The lowest BCUT2D eigenvalue weighted by molar-refractivity contribution is -0.131. The summed E-state index contributed by atoms with van der Waals surface area (Å²) < 4.78 is 24.0. The molecule has 5 aromatic carbocycles. The predicted molar refractivity (Wildman–Crippen MR) is 237 cm³/mol. The second-order valence-corrected chi connectivity index (χ2v) is 16.4. The van der Waals surface area contributed by atoms with Crippen molar-refractivity contribution in [3.05, 3.63) is 178 Å². The highest BCUT2D eigenvalue weighted by atomic mass is 16.5. The van der Waals surface area contributed by atoms with Crippen LogP contribution in [-0.2, 0) is 20.4 Å². The molecule has 0 amide bonds. The summed E-state index contributed by atoms with van der Waals surface area (Å²) in [6.45, 7) is 27.2. The summed E-state index contributed by atoms with van der Waals surface area (Å²) in [5.41, 5.74) is 8.70. The van der Waals surface area contributed by atoms with E-state index < -0.39 is 11.9 Å². The zero-order valence-corrected chi connectivity index (χ0v) is 36.2. The number of hydrogen-bond acceptors (Lipinski definition) is 8. The van der Waals surface area contributed by atoms with Crippen molar-refractivity contribution in [2.45, 2.75) is 80.1 Å². The normalized spacial score (nSPS) is 11.4. The van der Waals surface area contributed by atoms with Gasteiger partial charge in [0.2, 0.25) is 11.8 Å². The first kappa shape index (κ1) is 42.8. The van der Waals surface area contributed by atoms with Crippen molar-refractivity contribution in [3.63, 3.8) is 0 Å². The van der Waals surface area contributed by atoms with Crippen molar-refractivity contribution in [3.8, 4) is 46.1 Å². The largest absolute Gasteiger partial charge is 0.438 e. The fraction of sp³-hybridized carbons (Fsp3) is 0.231. The molecule has 0 N–H and O–H groups in total. The predicted octanol–water partition coefficient (Wildman–Crippen LogP) is 12.6. The number of esters is 2. The van der Waals surface area contributed by atoms with Gasteiger partial charge in [0.05, 0.1) is 6.07 Å². The molecule has 0 spiro atoms. The molecule has 0 fully saturated rings. The lowest BCUT2D eigenvalue weighted by Gasteiger charge is -2.28. The summed E-state index contributed by atoms with van der Waals surface area (Å²) in [6.07, 6.45) is 0. The standard InChI is InChI=1S/C52H52N2O6/c1-31(2)49(55)59-44-24-20-40(28-35(44)7)51(9,10)38-18-22-42(33(5)26-38)57-46-30-47(54-48(53-46)37-16-14-13-15-17-37)58-43-23-19-39(27-34(43)6)52(11,12)41-21-25-45(36(8)29-41)60-50(56)32(3)4/h13-30H,1,3H2,2,4-12H3. The summed E-state index contributed by atoms with van der Waals surface area (Å²) in [5.74, 6) is 2.59. The van der Waals surface area contributed by atoms with Crippen LogP contribution in [0.2, 0.25) is 0 Å². The Balaban J connectivity index is 1.25. The minimum absolute atomic E-state index is 0.340. The van der Waals surface area contributed by atoms with Gasteiger partial charge in [0.25, 0.3) is 0 Å². The van der Waals surface area contributed by atoms with Crippen molar-refractivity contribution < 1.29 is 28.5 Å². The fourth-order valence-electron chi connectivity index (χ4n) is 6.77.